The highest BCUT2D eigenvalue weighted by Crippen LogP contribution is 2.34. The molecule has 3 heteroatoms. The Morgan fingerprint density at radius 1 is 1.27 bits per heavy atom. The molecular formula is C12H24N2O. The van der Waals surface area contributed by atoms with Gasteiger partial charge in [-0.15, -0.1) is 0 Å². The van der Waals surface area contributed by atoms with Crippen LogP contribution in [-0.2, 0) is 4.79 Å². The molecule has 15 heavy (non-hydrogen) atoms. The molecule has 0 bridgehead atoms. The van der Waals surface area contributed by atoms with Gasteiger partial charge in [0.1, 0.15) is 0 Å². The van der Waals surface area contributed by atoms with Gasteiger partial charge in [0.15, 0.2) is 0 Å². The first-order chi connectivity index (χ1) is 6.99. The second-order valence-corrected chi connectivity index (χ2v) is 5.38. The van der Waals surface area contributed by atoms with E-state index in [0.717, 1.165) is 13.1 Å². The van der Waals surface area contributed by atoms with Gasteiger partial charge in [-0.1, -0.05) is 13.8 Å². The molecule has 0 aromatic carbocycles. The number of carbonyl (C=O) groups is 1. The number of amides is 1. The van der Waals surface area contributed by atoms with Crippen molar-refractivity contribution < 1.29 is 4.79 Å². The van der Waals surface area contributed by atoms with Crippen molar-refractivity contribution >= 4 is 5.91 Å². The van der Waals surface area contributed by atoms with Gasteiger partial charge in [0.25, 0.3) is 0 Å². The second-order valence-electron chi connectivity index (χ2n) is 5.38. The first-order valence-electron chi connectivity index (χ1n) is 5.97. The summed E-state index contributed by atoms with van der Waals surface area (Å²) in [6.07, 6.45) is 5.16. The highest BCUT2D eigenvalue weighted by Gasteiger charge is 2.26. The van der Waals surface area contributed by atoms with Crippen LogP contribution in [0.25, 0.3) is 0 Å². The summed E-state index contributed by atoms with van der Waals surface area (Å²) >= 11 is 0. The zero-order chi connectivity index (χ0) is 11.3. The zero-order valence-corrected chi connectivity index (χ0v) is 10.2. The number of nitrogens with one attached hydrogen (secondary N) is 2. The molecule has 88 valence electrons. The van der Waals surface area contributed by atoms with E-state index in [2.05, 4.69) is 24.5 Å². The Hall–Kier alpha value is -0.570. The molecule has 0 atom stereocenters. The first-order valence-corrected chi connectivity index (χ1v) is 5.97. The molecule has 0 aliphatic heterocycles. The van der Waals surface area contributed by atoms with Crippen molar-refractivity contribution in [2.45, 2.75) is 52.5 Å². The summed E-state index contributed by atoms with van der Waals surface area (Å²) in [5.74, 6) is 0.0570. The highest BCUT2D eigenvalue weighted by atomic mass is 16.1. The fourth-order valence-electron chi connectivity index (χ4n) is 2.12. The molecule has 0 spiro atoms. The van der Waals surface area contributed by atoms with Crippen LogP contribution >= 0.6 is 0 Å². The van der Waals surface area contributed by atoms with Crippen LogP contribution in [-0.4, -0.2) is 25.0 Å². The van der Waals surface area contributed by atoms with Crippen LogP contribution in [0.2, 0.25) is 0 Å². The van der Waals surface area contributed by atoms with E-state index in [-0.39, 0.29) is 5.91 Å². The summed E-state index contributed by atoms with van der Waals surface area (Å²) in [4.78, 5) is 10.6. The molecule has 1 fully saturated rings. The molecular weight excluding hydrogens is 188 g/mol. The minimum absolute atomic E-state index is 0.0570. The van der Waals surface area contributed by atoms with Crippen LogP contribution in [0.4, 0.5) is 0 Å². The Bertz CT molecular complexity index is 204. The van der Waals surface area contributed by atoms with E-state index in [9.17, 15) is 4.79 Å². The van der Waals surface area contributed by atoms with Crippen molar-refractivity contribution in [2.24, 2.45) is 5.41 Å². The normalized spacial score (nSPS) is 21.3. The monoisotopic (exact) mass is 212 g/mol. The molecule has 1 aliphatic carbocycles. The van der Waals surface area contributed by atoms with Crippen LogP contribution in [0.5, 0.6) is 0 Å². The third kappa shape index (κ3) is 5.17. The Morgan fingerprint density at radius 3 is 2.40 bits per heavy atom. The Labute approximate surface area is 93.0 Å². The summed E-state index contributed by atoms with van der Waals surface area (Å²) in [5, 5.41) is 6.30. The first kappa shape index (κ1) is 12.5. The van der Waals surface area contributed by atoms with Crippen molar-refractivity contribution in [3.63, 3.8) is 0 Å². The van der Waals surface area contributed by atoms with Crippen molar-refractivity contribution in [3.05, 3.63) is 0 Å². The fraction of sp³-hybridized carbons (Fsp3) is 0.917. The van der Waals surface area contributed by atoms with Crippen LogP contribution in [0, 0.1) is 5.41 Å². The summed E-state index contributed by atoms with van der Waals surface area (Å²) in [7, 11) is 0. The summed E-state index contributed by atoms with van der Waals surface area (Å²) in [5.41, 5.74) is 0.538. The lowest BCUT2D eigenvalue weighted by Crippen LogP contribution is -2.39. The molecule has 0 radical (unpaired) electrons. The van der Waals surface area contributed by atoms with Crippen LogP contribution < -0.4 is 10.6 Å². The lowest BCUT2D eigenvalue weighted by Gasteiger charge is -2.34. The van der Waals surface area contributed by atoms with Crippen LogP contribution in [0.1, 0.15) is 46.5 Å². The van der Waals surface area contributed by atoms with Gasteiger partial charge in [0.2, 0.25) is 5.91 Å². The van der Waals surface area contributed by atoms with E-state index in [1.54, 1.807) is 6.92 Å². The lowest BCUT2D eigenvalue weighted by atomic mass is 9.75. The van der Waals surface area contributed by atoms with Crippen LogP contribution in [0.15, 0.2) is 0 Å². The van der Waals surface area contributed by atoms with Gasteiger partial charge in [0, 0.05) is 26.1 Å². The number of hydrogen-bond donors (Lipinski definition) is 2. The maximum atomic E-state index is 10.6. The highest BCUT2D eigenvalue weighted by molar-refractivity contribution is 5.72. The number of rotatable bonds is 4. The molecule has 0 aromatic rings. The number of carbonyl (C=O) groups excluding carboxylic acids is 1. The quantitative estimate of drug-likeness (QED) is 0.696. The van der Waals surface area contributed by atoms with E-state index in [0.29, 0.717) is 11.5 Å². The van der Waals surface area contributed by atoms with Gasteiger partial charge in [-0.05, 0) is 31.1 Å². The molecule has 0 heterocycles. The zero-order valence-electron chi connectivity index (χ0n) is 10.2. The van der Waals surface area contributed by atoms with Gasteiger partial charge in [-0.25, -0.2) is 0 Å². The smallest absolute Gasteiger partial charge is 0.216 e. The van der Waals surface area contributed by atoms with Gasteiger partial charge in [0.05, 0.1) is 0 Å². The van der Waals surface area contributed by atoms with Gasteiger partial charge in [-0.2, -0.15) is 0 Å². The van der Waals surface area contributed by atoms with E-state index >= 15 is 0 Å². The molecule has 3 nitrogen and oxygen atoms in total. The predicted octanol–water partition coefficient (Wildman–Crippen LogP) is 1.68. The molecule has 2 N–H and O–H groups in total. The van der Waals surface area contributed by atoms with E-state index in [4.69, 9.17) is 0 Å². The summed E-state index contributed by atoms with van der Waals surface area (Å²) in [6, 6.07) is 0.659. The van der Waals surface area contributed by atoms with E-state index in [1.165, 1.54) is 25.7 Å². The standard InChI is InChI=1S/C12H24N2O/c1-10(15)13-8-9-14-11-4-6-12(2,3)7-5-11/h11,14H,4-9H2,1-3H3,(H,13,15). The largest absolute Gasteiger partial charge is 0.355 e. The minimum atomic E-state index is 0.0570. The molecule has 1 rings (SSSR count). The third-order valence-corrected chi connectivity index (χ3v) is 3.27. The topological polar surface area (TPSA) is 41.1 Å². The second kappa shape index (κ2) is 5.50. The molecule has 0 unspecified atom stereocenters. The molecule has 0 aromatic heterocycles. The molecule has 1 saturated carbocycles. The summed E-state index contributed by atoms with van der Waals surface area (Å²) in [6.45, 7) is 7.89. The lowest BCUT2D eigenvalue weighted by molar-refractivity contribution is -0.118. The van der Waals surface area contributed by atoms with Gasteiger partial charge < -0.3 is 10.6 Å². The maximum Gasteiger partial charge on any atom is 0.216 e. The van der Waals surface area contributed by atoms with E-state index in [1.807, 2.05) is 0 Å². The summed E-state index contributed by atoms with van der Waals surface area (Å²) < 4.78 is 0. The van der Waals surface area contributed by atoms with Crippen molar-refractivity contribution in [1.82, 2.24) is 10.6 Å². The minimum Gasteiger partial charge on any atom is -0.355 e. The average Bonchev–Trinajstić information content (AvgIpc) is 2.14. The molecule has 1 amide bonds. The molecule has 0 saturated heterocycles. The fourth-order valence-corrected chi connectivity index (χ4v) is 2.12. The van der Waals surface area contributed by atoms with Crippen molar-refractivity contribution in [1.29, 1.82) is 0 Å². The Morgan fingerprint density at radius 2 is 1.87 bits per heavy atom. The third-order valence-electron chi connectivity index (χ3n) is 3.27. The van der Waals surface area contributed by atoms with Gasteiger partial charge >= 0.3 is 0 Å². The van der Waals surface area contributed by atoms with Crippen molar-refractivity contribution in [2.75, 3.05) is 13.1 Å². The predicted molar refractivity (Wildman–Crippen MR) is 62.7 cm³/mol. The SMILES string of the molecule is CC(=O)NCCNC1CCC(C)(C)CC1. The van der Waals surface area contributed by atoms with Crippen molar-refractivity contribution in [3.8, 4) is 0 Å². The Balaban J connectivity index is 2.06. The van der Waals surface area contributed by atoms with Gasteiger partial charge in [-0.3, -0.25) is 4.79 Å². The van der Waals surface area contributed by atoms with Crippen LogP contribution in [0.3, 0.4) is 0 Å². The maximum absolute atomic E-state index is 10.6. The number of hydrogen-bond acceptors (Lipinski definition) is 2. The Kier molecular flexibility index (Phi) is 4.58. The molecule has 1 aliphatic rings. The average molecular weight is 212 g/mol. The van der Waals surface area contributed by atoms with E-state index < -0.39 is 0 Å².